The monoisotopic (exact) mass is 384 g/mol. The van der Waals surface area contributed by atoms with E-state index in [0.29, 0.717) is 18.8 Å². The van der Waals surface area contributed by atoms with Gasteiger partial charge in [-0.1, -0.05) is 17.7 Å². The minimum absolute atomic E-state index is 0.00713. The molecule has 1 aliphatic rings. The van der Waals surface area contributed by atoms with Crippen molar-refractivity contribution in [2.24, 2.45) is 0 Å². The molecule has 26 heavy (non-hydrogen) atoms. The summed E-state index contributed by atoms with van der Waals surface area (Å²) in [4.78, 5) is 25.4. The molecular weight excluding hydrogens is 368 g/mol. The number of carbonyl (C=O) groups is 1. The van der Waals surface area contributed by atoms with E-state index in [1.165, 1.54) is 11.3 Å². The Hall–Kier alpha value is -2.44. The summed E-state index contributed by atoms with van der Waals surface area (Å²) in [6.07, 6.45) is 3.46. The third-order valence-corrected chi connectivity index (χ3v) is 5.52. The van der Waals surface area contributed by atoms with E-state index in [1.54, 1.807) is 12.4 Å². The van der Waals surface area contributed by atoms with Gasteiger partial charge in [0.2, 0.25) is 0 Å². The summed E-state index contributed by atoms with van der Waals surface area (Å²) in [6, 6.07) is 11.6. The molecule has 4 rings (SSSR count). The second-order valence-corrected chi connectivity index (χ2v) is 7.33. The Bertz CT molecular complexity index is 907. The average molecular weight is 385 g/mol. The summed E-state index contributed by atoms with van der Waals surface area (Å²) in [5, 5.41) is 3.40. The second-order valence-electron chi connectivity index (χ2n) is 6.03. The molecule has 5 nitrogen and oxygen atoms in total. The summed E-state index contributed by atoms with van der Waals surface area (Å²) in [6.45, 7) is 2.92. The van der Waals surface area contributed by atoms with Crippen molar-refractivity contribution in [2.75, 3.05) is 31.1 Å². The Balaban J connectivity index is 1.42. The fourth-order valence-electron chi connectivity index (χ4n) is 3.00. The van der Waals surface area contributed by atoms with Gasteiger partial charge in [-0.25, -0.2) is 4.98 Å². The molecule has 7 heteroatoms. The van der Waals surface area contributed by atoms with Crippen LogP contribution in [0, 0.1) is 0 Å². The molecule has 0 unspecified atom stereocenters. The van der Waals surface area contributed by atoms with Gasteiger partial charge in [-0.15, -0.1) is 11.3 Å². The van der Waals surface area contributed by atoms with Crippen molar-refractivity contribution < 1.29 is 4.79 Å². The number of piperazine rings is 1. The lowest BCUT2D eigenvalue weighted by Crippen LogP contribution is -2.48. The van der Waals surface area contributed by atoms with E-state index >= 15 is 0 Å². The minimum Gasteiger partial charge on any atom is -0.368 e. The lowest BCUT2D eigenvalue weighted by Gasteiger charge is -2.35. The van der Waals surface area contributed by atoms with Crippen LogP contribution in [0.4, 0.5) is 5.69 Å². The maximum absolute atomic E-state index is 12.8. The van der Waals surface area contributed by atoms with Crippen molar-refractivity contribution in [1.29, 1.82) is 0 Å². The topological polar surface area (TPSA) is 49.3 Å². The van der Waals surface area contributed by atoms with Crippen LogP contribution in [0.5, 0.6) is 0 Å². The van der Waals surface area contributed by atoms with Crippen molar-refractivity contribution in [1.82, 2.24) is 14.9 Å². The van der Waals surface area contributed by atoms with Gasteiger partial charge in [0.05, 0.1) is 0 Å². The number of anilines is 1. The van der Waals surface area contributed by atoms with Gasteiger partial charge < -0.3 is 9.80 Å². The number of carbonyl (C=O) groups excluding carboxylic acids is 1. The maximum Gasteiger partial charge on any atom is 0.273 e. The first-order chi connectivity index (χ1) is 12.7. The van der Waals surface area contributed by atoms with E-state index in [-0.39, 0.29) is 5.91 Å². The van der Waals surface area contributed by atoms with Crippen LogP contribution in [-0.4, -0.2) is 47.0 Å². The number of amides is 1. The Morgan fingerprint density at radius 3 is 2.58 bits per heavy atom. The molecule has 132 valence electrons. The number of hydrogen-bond acceptors (Lipinski definition) is 5. The standard InChI is InChI=1S/C19H17ClN4OS/c20-15-2-1-3-16(12-15)23-8-10-24(11-9-23)19(25)17-13-26-18(22-17)14-4-6-21-7-5-14/h1-7,12-13H,8-11H2. The van der Waals surface area contributed by atoms with E-state index < -0.39 is 0 Å². The molecular formula is C19H17ClN4OS. The van der Waals surface area contributed by atoms with Crippen molar-refractivity contribution >= 4 is 34.5 Å². The number of rotatable bonds is 3. The molecule has 1 aliphatic heterocycles. The second kappa shape index (κ2) is 7.43. The molecule has 0 spiro atoms. The number of nitrogens with zero attached hydrogens (tertiary/aromatic N) is 4. The van der Waals surface area contributed by atoms with Gasteiger partial charge in [-0.2, -0.15) is 0 Å². The predicted molar refractivity (Wildman–Crippen MR) is 105 cm³/mol. The van der Waals surface area contributed by atoms with E-state index in [0.717, 1.165) is 34.4 Å². The summed E-state index contributed by atoms with van der Waals surface area (Å²) >= 11 is 7.56. The van der Waals surface area contributed by atoms with Crippen molar-refractivity contribution in [3.8, 4) is 10.6 Å². The van der Waals surface area contributed by atoms with Crippen molar-refractivity contribution in [3.63, 3.8) is 0 Å². The normalized spacial score (nSPS) is 14.5. The lowest BCUT2D eigenvalue weighted by molar-refractivity contribution is 0.0742. The third kappa shape index (κ3) is 3.57. The highest BCUT2D eigenvalue weighted by atomic mass is 35.5. The molecule has 0 N–H and O–H groups in total. The molecule has 1 saturated heterocycles. The largest absolute Gasteiger partial charge is 0.368 e. The van der Waals surface area contributed by atoms with Crippen LogP contribution in [0.1, 0.15) is 10.5 Å². The summed E-state index contributed by atoms with van der Waals surface area (Å²) < 4.78 is 0. The lowest BCUT2D eigenvalue weighted by atomic mass is 10.2. The van der Waals surface area contributed by atoms with E-state index in [1.807, 2.05) is 46.7 Å². The first-order valence-electron chi connectivity index (χ1n) is 8.36. The Morgan fingerprint density at radius 1 is 1.08 bits per heavy atom. The Morgan fingerprint density at radius 2 is 1.85 bits per heavy atom. The zero-order valence-electron chi connectivity index (χ0n) is 14.0. The first kappa shape index (κ1) is 17.0. The molecule has 2 aromatic heterocycles. The number of hydrogen-bond donors (Lipinski definition) is 0. The number of halogens is 1. The number of aromatic nitrogens is 2. The van der Waals surface area contributed by atoms with Crippen LogP contribution in [-0.2, 0) is 0 Å². The van der Waals surface area contributed by atoms with Gasteiger partial charge in [0.15, 0.2) is 0 Å². The van der Waals surface area contributed by atoms with E-state index in [9.17, 15) is 4.79 Å². The number of benzene rings is 1. The van der Waals surface area contributed by atoms with Crippen LogP contribution in [0.3, 0.4) is 0 Å². The fourth-order valence-corrected chi connectivity index (χ4v) is 3.99. The predicted octanol–water partition coefficient (Wildman–Crippen LogP) is 3.82. The third-order valence-electron chi connectivity index (χ3n) is 4.39. The minimum atomic E-state index is -0.00713. The quantitative estimate of drug-likeness (QED) is 0.688. The van der Waals surface area contributed by atoms with Gasteiger partial charge in [0.1, 0.15) is 10.7 Å². The van der Waals surface area contributed by atoms with E-state index in [2.05, 4.69) is 14.9 Å². The summed E-state index contributed by atoms with van der Waals surface area (Å²) in [5.74, 6) is -0.00713. The number of thiazole rings is 1. The highest BCUT2D eigenvalue weighted by Crippen LogP contribution is 2.25. The molecule has 0 radical (unpaired) electrons. The molecule has 3 aromatic rings. The molecule has 0 bridgehead atoms. The Labute approximate surface area is 160 Å². The Kier molecular flexibility index (Phi) is 4.86. The zero-order chi connectivity index (χ0) is 17.9. The average Bonchev–Trinajstić information content (AvgIpc) is 3.18. The van der Waals surface area contributed by atoms with Crippen molar-refractivity contribution in [2.45, 2.75) is 0 Å². The molecule has 0 aliphatic carbocycles. The molecule has 3 heterocycles. The van der Waals surface area contributed by atoms with Gasteiger partial charge in [-0.05, 0) is 30.3 Å². The zero-order valence-corrected chi connectivity index (χ0v) is 15.6. The molecule has 1 aromatic carbocycles. The SMILES string of the molecule is O=C(c1csc(-c2ccncc2)n1)N1CCN(c2cccc(Cl)c2)CC1. The smallest absolute Gasteiger partial charge is 0.273 e. The number of pyridine rings is 1. The fraction of sp³-hybridized carbons (Fsp3) is 0.211. The molecule has 0 atom stereocenters. The maximum atomic E-state index is 12.8. The van der Waals surface area contributed by atoms with Crippen LogP contribution >= 0.6 is 22.9 Å². The summed E-state index contributed by atoms with van der Waals surface area (Å²) in [7, 11) is 0. The molecule has 1 amide bonds. The van der Waals surface area contributed by atoms with E-state index in [4.69, 9.17) is 11.6 Å². The van der Waals surface area contributed by atoms with Gasteiger partial charge in [0.25, 0.3) is 5.91 Å². The van der Waals surface area contributed by atoms with Crippen LogP contribution < -0.4 is 4.90 Å². The van der Waals surface area contributed by atoms with Crippen molar-refractivity contribution in [3.05, 3.63) is 64.9 Å². The van der Waals surface area contributed by atoms with Crippen LogP contribution in [0.2, 0.25) is 5.02 Å². The van der Waals surface area contributed by atoms with Gasteiger partial charge >= 0.3 is 0 Å². The highest BCUT2D eigenvalue weighted by molar-refractivity contribution is 7.13. The highest BCUT2D eigenvalue weighted by Gasteiger charge is 2.24. The molecule has 0 saturated carbocycles. The molecule has 1 fully saturated rings. The van der Waals surface area contributed by atoms with Crippen LogP contribution in [0.25, 0.3) is 10.6 Å². The summed E-state index contributed by atoms with van der Waals surface area (Å²) in [5.41, 5.74) is 2.59. The first-order valence-corrected chi connectivity index (χ1v) is 9.62. The van der Waals surface area contributed by atoms with Gasteiger partial charge in [-0.3, -0.25) is 9.78 Å². The van der Waals surface area contributed by atoms with Crippen LogP contribution in [0.15, 0.2) is 54.2 Å². The van der Waals surface area contributed by atoms with Gasteiger partial charge in [0, 0.05) is 60.2 Å².